The van der Waals surface area contributed by atoms with Gasteiger partial charge in [0.25, 0.3) is 0 Å². The second-order valence-corrected chi connectivity index (χ2v) is 7.59. The molecule has 0 aromatic carbocycles. The number of hydrogen-bond donors (Lipinski definition) is 1. The van der Waals surface area contributed by atoms with E-state index in [1.54, 1.807) is 4.88 Å². The Hall–Kier alpha value is -1.16. The molecule has 2 aliphatic rings. The van der Waals surface area contributed by atoms with E-state index >= 15 is 0 Å². The Morgan fingerprint density at radius 1 is 1.24 bits per heavy atom. The van der Waals surface area contributed by atoms with Crippen LogP contribution in [0.3, 0.4) is 0 Å². The lowest BCUT2D eigenvalue weighted by atomic mass is 10.0. The lowest BCUT2D eigenvalue weighted by Gasteiger charge is -2.12. The van der Waals surface area contributed by atoms with Gasteiger partial charge in [-0.15, -0.1) is 11.3 Å². The third-order valence-electron chi connectivity index (χ3n) is 5.30. The molecule has 112 valence electrons. The quantitative estimate of drug-likeness (QED) is 0.906. The van der Waals surface area contributed by atoms with Crippen LogP contribution in [0.2, 0.25) is 0 Å². The molecule has 0 aliphatic heterocycles. The number of nitrogens with zero attached hydrogens (tertiary/aromatic N) is 2. The van der Waals surface area contributed by atoms with Crippen molar-refractivity contribution in [2.75, 3.05) is 12.4 Å². The number of nitrogens with one attached hydrogen (secondary N) is 1. The van der Waals surface area contributed by atoms with Crippen LogP contribution in [0.1, 0.15) is 61.2 Å². The number of aryl methyl sites for hydroxylation is 2. The van der Waals surface area contributed by atoms with Gasteiger partial charge in [0.1, 0.15) is 16.5 Å². The van der Waals surface area contributed by atoms with Crippen LogP contribution in [0.4, 0.5) is 5.82 Å². The summed E-state index contributed by atoms with van der Waals surface area (Å²) < 4.78 is 0. The van der Waals surface area contributed by atoms with Gasteiger partial charge in [-0.2, -0.15) is 0 Å². The predicted molar refractivity (Wildman–Crippen MR) is 89.4 cm³/mol. The normalized spacial score (nSPS) is 24.7. The van der Waals surface area contributed by atoms with Crippen LogP contribution in [-0.2, 0) is 12.8 Å². The first-order valence-corrected chi connectivity index (χ1v) is 9.11. The summed E-state index contributed by atoms with van der Waals surface area (Å²) in [5.74, 6) is 3.60. The fourth-order valence-corrected chi connectivity index (χ4v) is 5.32. The Morgan fingerprint density at radius 3 is 2.90 bits per heavy atom. The number of anilines is 1. The Balaban J connectivity index is 1.78. The van der Waals surface area contributed by atoms with E-state index in [-0.39, 0.29) is 0 Å². The van der Waals surface area contributed by atoms with E-state index in [1.165, 1.54) is 60.7 Å². The summed E-state index contributed by atoms with van der Waals surface area (Å²) in [7, 11) is 1.99. The highest BCUT2D eigenvalue weighted by Gasteiger charge is 2.29. The van der Waals surface area contributed by atoms with Crippen molar-refractivity contribution in [1.29, 1.82) is 0 Å². The van der Waals surface area contributed by atoms with Gasteiger partial charge in [0, 0.05) is 17.8 Å². The highest BCUT2D eigenvalue weighted by atomic mass is 32.1. The number of aromatic nitrogens is 2. The zero-order valence-electron chi connectivity index (χ0n) is 12.9. The van der Waals surface area contributed by atoms with Gasteiger partial charge in [-0.3, -0.25) is 0 Å². The van der Waals surface area contributed by atoms with Crippen LogP contribution in [0.25, 0.3) is 10.2 Å². The van der Waals surface area contributed by atoms with Crippen molar-refractivity contribution in [1.82, 2.24) is 9.97 Å². The predicted octanol–water partition coefficient (Wildman–Crippen LogP) is 4.52. The SMILES string of the molecule is CCC1CCC(c2nc(NC)c3c4c(sc3n2)CCC4)C1. The first-order chi connectivity index (χ1) is 10.3. The van der Waals surface area contributed by atoms with Crippen molar-refractivity contribution in [3.8, 4) is 0 Å². The zero-order chi connectivity index (χ0) is 14.4. The minimum absolute atomic E-state index is 0.573. The van der Waals surface area contributed by atoms with Crippen molar-refractivity contribution in [2.24, 2.45) is 5.92 Å². The summed E-state index contributed by atoms with van der Waals surface area (Å²) in [5, 5.41) is 4.64. The Labute approximate surface area is 130 Å². The lowest BCUT2D eigenvalue weighted by molar-refractivity contribution is 0.517. The first-order valence-electron chi connectivity index (χ1n) is 8.30. The monoisotopic (exact) mass is 301 g/mol. The van der Waals surface area contributed by atoms with E-state index in [0.29, 0.717) is 5.92 Å². The van der Waals surface area contributed by atoms with Crippen molar-refractivity contribution >= 4 is 27.4 Å². The molecular formula is C17H23N3S. The van der Waals surface area contributed by atoms with Crippen molar-refractivity contribution in [2.45, 2.75) is 57.8 Å². The van der Waals surface area contributed by atoms with Gasteiger partial charge in [-0.25, -0.2) is 9.97 Å². The van der Waals surface area contributed by atoms with Crippen LogP contribution < -0.4 is 5.32 Å². The maximum absolute atomic E-state index is 4.97. The van der Waals surface area contributed by atoms with Gasteiger partial charge in [-0.1, -0.05) is 13.3 Å². The van der Waals surface area contributed by atoms with Crippen molar-refractivity contribution < 1.29 is 0 Å². The molecule has 0 amide bonds. The van der Waals surface area contributed by atoms with Crippen LogP contribution in [0, 0.1) is 5.92 Å². The fraction of sp³-hybridized carbons (Fsp3) is 0.647. The van der Waals surface area contributed by atoms with Gasteiger partial charge in [0.05, 0.1) is 5.39 Å². The molecule has 0 bridgehead atoms. The number of rotatable bonds is 3. The molecule has 1 saturated carbocycles. The highest BCUT2D eigenvalue weighted by Crippen LogP contribution is 2.43. The summed E-state index contributed by atoms with van der Waals surface area (Å²) >= 11 is 1.90. The molecule has 0 spiro atoms. The summed E-state index contributed by atoms with van der Waals surface area (Å²) in [6, 6.07) is 0. The summed E-state index contributed by atoms with van der Waals surface area (Å²) in [6.07, 6.45) is 8.91. The number of fused-ring (bicyclic) bond motifs is 3. The summed E-state index contributed by atoms with van der Waals surface area (Å²) in [6.45, 7) is 2.31. The molecule has 2 unspecified atom stereocenters. The maximum atomic E-state index is 4.97. The highest BCUT2D eigenvalue weighted by molar-refractivity contribution is 7.19. The Morgan fingerprint density at radius 2 is 2.14 bits per heavy atom. The smallest absolute Gasteiger partial charge is 0.138 e. The van der Waals surface area contributed by atoms with Gasteiger partial charge < -0.3 is 5.32 Å². The Kier molecular flexibility index (Phi) is 3.37. The first kappa shape index (κ1) is 13.5. The standard InChI is InChI=1S/C17H23N3S/c1-3-10-7-8-11(9-10)15-19-16(18-2)14-12-5-4-6-13(12)21-17(14)20-15/h10-11H,3-9H2,1-2H3,(H,18,19,20). The molecule has 2 aliphatic carbocycles. The van der Waals surface area contributed by atoms with E-state index in [1.807, 2.05) is 18.4 Å². The van der Waals surface area contributed by atoms with E-state index < -0.39 is 0 Å². The maximum Gasteiger partial charge on any atom is 0.138 e. The molecule has 1 N–H and O–H groups in total. The van der Waals surface area contributed by atoms with E-state index in [4.69, 9.17) is 9.97 Å². The molecule has 1 fully saturated rings. The van der Waals surface area contributed by atoms with Crippen LogP contribution >= 0.6 is 11.3 Å². The average Bonchev–Trinajstić information content (AvgIpc) is 3.20. The fourth-order valence-electron chi connectivity index (χ4n) is 4.06. The molecule has 2 aromatic heterocycles. The number of thiophene rings is 1. The molecule has 4 rings (SSSR count). The van der Waals surface area contributed by atoms with E-state index in [2.05, 4.69) is 12.2 Å². The second kappa shape index (κ2) is 5.24. The Bertz CT molecular complexity index is 676. The number of hydrogen-bond acceptors (Lipinski definition) is 4. The zero-order valence-corrected chi connectivity index (χ0v) is 13.7. The van der Waals surface area contributed by atoms with Crippen LogP contribution in [0.5, 0.6) is 0 Å². The summed E-state index contributed by atoms with van der Waals surface area (Å²) in [4.78, 5) is 12.6. The van der Waals surface area contributed by atoms with Crippen LogP contribution in [-0.4, -0.2) is 17.0 Å². The third kappa shape index (κ3) is 2.15. The molecule has 3 nitrogen and oxygen atoms in total. The van der Waals surface area contributed by atoms with E-state index in [9.17, 15) is 0 Å². The van der Waals surface area contributed by atoms with Gasteiger partial charge in [-0.05, 0) is 50.0 Å². The van der Waals surface area contributed by atoms with E-state index in [0.717, 1.165) is 17.6 Å². The lowest BCUT2D eigenvalue weighted by Crippen LogP contribution is -2.05. The van der Waals surface area contributed by atoms with Crippen molar-refractivity contribution in [3.63, 3.8) is 0 Å². The molecule has 2 aromatic rings. The molecular weight excluding hydrogens is 278 g/mol. The average molecular weight is 301 g/mol. The molecule has 0 radical (unpaired) electrons. The van der Waals surface area contributed by atoms with Crippen molar-refractivity contribution in [3.05, 3.63) is 16.3 Å². The molecule has 0 saturated heterocycles. The van der Waals surface area contributed by atoms with Gasteiger partial charge >= 0.3 is 0 Å². The van der Waals surface area contributed by atoms with Gasteiger partial charge in [0.15, 0.2) is 0 Å². The minimum Gasteiger partial charge on any atom is -0.372 e. The second-order valence-electron chi connectivity index (χ2n) is 6.50. The molecule has 2 heterocycles. The van der Waals surface area contributed by atoms with Crippen LogP contribution in [0.15, 0.2) is 0 Å². The largest absolute Gasteiger partial charge is 0.372 e. The van der Waals surface area contributed by atoms with Gasteiger partial charge in [0.2, 0.25) is 0 Å². The topological polar surface area (TPSA) is 37.8 Å². The molecule has 21 heavy (non-hydrogen) atoms. The molecule has 2 atom stereocenters. The molecule has 4 heteroatoms. The third-order valence-corrected chi connectivity index (χ3v) is 6.49. The summed E-state index contributed by atoms with van der Waals surface area (Å²) in [5.41, 5.74) is 1.52. The minimum atomic E-state index is 0.573.